The highest BCUT2D eigenvalue weighted by Crippen LogP contribution is 2.65. The van der Waals surface area contributed by atoms with Gasteiger partial charge in [-0.25, -0.2) is 0 Å². The van der Waals surface area contributed by atoms with Gasteiger partial charge >= 0.3 is 0 Å². The summed E-state index contributed by atoms with van der Waals surface area (Å²) in [6.07, 6.45) is 5.95. The van der Waals surface area contributed by atoms with E-state index in [1.54, 1.807) is 80.9 Å². The van der Waals surface area contributed by atoms with Gasteiger partial charge in [0.2, 0.25) is 11.8 Å². The second-order valence-electron chi connectivity index (χ2n) is 16.2. The Morgan fingerprint density at radius 1 is 0.734 bits per heavy atom. The lowest BCUT2D eigenvalue weighted by Gasteiger charge is -2.50. The van der Waals surface area contributed by atoms with Gasteiger partial charge in [0.25, 0.3) is 11.8 Å². The Hall–Kier alpha value is -6.76. The second-order valence-corrected chi connectivity index (χ2v) is 17.0. The van der Waals surface area contributed by atoms with Crippen molar-refractivity contribution in [1.82, 2.24) is 5.01 Å². The van der Waals surface area contributed by atoms with Crippen LogP contribution in [0, 0.1) is 23.7 Å². The first kappa shape index (κ1) is 42.5. The number of phenols is 1. The summed E-state index contributed by atoms with van der Waals surface area (Å²) in [5.41, 5.74) is 5.11. The minimum Gasteiger partial charge on any atom is -0.504 e. The monoisotopic (exact) mass is 899 g/mol. The van der Waals surface area contributed by atoms with Crippen molar-refractivity contribution in [1.29, 1.82) is 0 Å². The highest BCUT2D eigenvalue weighted by Gasteiger charge is 2.70. The van der Waals surface area contributed by atoms with Gasteiger partial charge in [-0.2, -0.15) is 5.01 Å². The number of para-hydroxylation sites is 1. The molecule has 2 N–H and O–H groups in total. The van der Waals surface area contributed by atoms with Gasteiger partial charge in [-0.15, -0.1) is 0 Å². The van der Waals surface area contributed by atoms with E-state index >= 15 is 9.59 Å². The summed E-state index contributed by atoms with van der Waals surface area (Å²) in [4.78, 5) is 61.3. The minimum atomic E-state index is -1.67. The molecule has 6 unspecified atom stereocenters. The van der Waals surface area contributed by atoms with Crippen LogP contribution in [-0.2, 0) is 24.6 Å². The molecule has 326 valence electrons. The lowest BCUT2D eigenvalue weighted by Crippen LogP contribution is -2.53. The fourth-order valence-electron chi connectivity index (χ4n) is 10.3. The smallest absolute Gasteiger partial charge is 0.260 e. The Balaban J connectivity index is 1.13. The van der Waals surface area contributed by atoms with E-state index in [9.17, 15) is 14.7 Å². The maximum atomic E-state index is 15.6. The number of hydrogen-bond donors (Lipinski definition) is 2. The zero-order valence-electron chi connectivity index (χ0n) is 35.2. The third-order valence-electron chi connectivity index (χ3n) is 13.2. The summed E-state index contributed by atoms with van der Waals surface area (Å²) < 4.78 is 22.0. The molecule has 4 aliphatic rings. The van der Waals surface area contributed by atoms with Crippen LogP contribution in [0.4, 0.5) is 11.4 Å². The number of phenolic OH excluding ortho intramolecular Hbond substituents is 1. The largest absolute Gasteiger partial charge is 0.504 e. The molecule has 64 heavy (non-hydrogen) atoms. The average Bonchev–Trinajstić information content (AvgIpc) is 3.69. The number of carbonyl (C=O) groups excluding carboxylic acids is 4. The molecule has 5 aromatic rings. The van der Waals surface area contributed by atoms with Crippen LogP contribution in [0.5, 0.6) is 28.7 Å². The Kier molecular flexibility index (Phi) is 11.1. The molecule has 6 atom stereocenters. The van der Waals surface area contributed by atoms with Crippen LogP contribution >= 0.6 is 23.2 Å². The van der Waals surface area contributed by atoms with E-state index in [-0.39, 0.29) is 41.0 Å². The van der Waals surface area contributed by atoms with Gasteiger partial charge in [0.15, 0.2) is 11.5 Å². The van der Waals surface area contributed by atoms with Crippen molar-refractivity contribution in [2.75, 3.05) is 38.8 Å². The maximum Gasteiger partial charge on any atom is 0.260 e. The molecule has 4 amide bonds. The maximum absolute atomic E-state index is 15.6. The van der Waals surface area contributed by atoms with Gasteiger partial charge in [0.05, 0.1) is 68.0 Å². The van der Waals surface area contributed by atoms with Gasteiger partial charge in [-0.1, -0.05) is 83.4 Å². The summed E-state index contributed by atoms with van der Waals surface area (Å²) in [6, 6.07) is 29.3. The van der Waals surface area contributed by atoms with Crippen molar-refractivity contribution in [3.05, 3.63) is 147 Å². The molecule has 2 aliphatic carbocycles. The number of hydrogen-bond acceptors (Lipinski definition) is 10. The first-order valence-corrected chi connectivity index (χ1v) is 21.4. The van der Waals surface area contributed by atoms with Crippen LogP contribution in [0.3, 0.4) is 0 Å². The fraction of sp³-hybridized carbons (Fsp3) is 0.240. The number of ether oxygens (including phenoxy) is 4. The number of rotatable bonds is 11. The normalized spacial score (nSPS) is 23.7. The van der Waals surface area contributed by atoms with Gasteiger partial charge < -0.3 is 24.1 Å². The standard InChI is InChI=1S/C50H43Cl2N3O9/c1-61-32-17-12-29(13-18-32)50-38(47(58)55(49(50)60)53-40-22-14-30(51)25-39(40)52)26-37-34(44(50)36-6-5-7-42(64-4)45(36)56)20-21-35-43(37)48(59)54(46(35)57)31-15-9-27(10-16-31)8-11-28-24-33(62-2)19-23-41(28)63-3/h5-20,22-25,35,37-38,43-44,53,56H,21,26H2,1-4H3. The van der Waals surface area contributed by atoms with Crippen molar-refractivity contribution in [2.45, 2.75) is 24.2 Å². The van der Waals surface area contributed by atoms with Crippen LogP contribution in [0.25, 0.3) is 12.2 Å². The number of allylic oxidation sites excluding steroid dienone is 2. The number of carbonyl (C=O) groups is 4. The number of amides is 4. The molecule has 2 heterocycles. The molecule has 0 bridgehead atoms. The molecule has 14 heteroatoms. The van der Waals surface area contributed by atoms with E-state index < -0.39 is 52.7 Å². The van der Waals surface area contributed by atoms with E-state index in [0.29, 0.717) is 44.7 Å². The highest BCUT2D eigenvalue weighted by molar-refractivity contribution is 6.36. The molecular formula is C50H43Cl2N3O9. The molecular weight excluding hydrogens is 857 g/mol. The van der Waals surface area contributed by atoms with Crippen molar-refractivity contribution in [3.63, 3.8) is 0 Å². The van der Waals surface area contributed by atoms with Crippen molar-refractivity contribution in [2.24, 2.45) is 23.7 Å². The summed E-state index contributed by atoms with van der Waals surface area (Å²) in [7, 11) is 6.15. The number of aromatic hydroxyl groups is 1. The third-order valence-corrected chi connectivity index (χ3v) is 13.7. The quantitative estimate of drug-likeness (QED) is 0.0749. The number of imide groups is 2. The zero-order chi connectivity index (χ0) is 45.0. The molecule has 2 aliphatic heterocycles. The van der Waals surface area contributed by atoms with Gasteiger partial charge in [-0.05, 0) is 96.6 Å². The first-order valence-electron chi connectivity index (χ1n) is 20.6. The van der Waals surface area contributed by atoms with Crippen LogP contribution in [0.2, 0.25) is 10.0 Å². The Bertz CT molecular complexity index is 2770. The summed E-state index contributed by atoms with van der Waals surface area (Å²) in [5.74, 6) is -4.46. The molecule has 1 saturated carbocycles. The van der Waals surface area contributed by atoms with Crippen LogP contribution in [-0.4, -0.2) is 62.2 Å². The number of nitrogens with zero attached hydrogens (tertiary/aromatic N) is 2. The molecule has 9 rings (SSSR count). The summed E-state index contributed by atoms with van der Waals surface area (Å²) in [5, 5.41) is 13.5. The fourth-order valence-corrected chi connectivity index (χ4v) is 10.7. The topological polar surface area (TPSA) is 144 Å². The van der Waals surface area contributed by atoms with E-state index in [4.69, 9.17) is 42.1 Å². The molecule has 3 fully saturated rings. The average molecular weight is 901 g/mol. The third kappa shape index (κ3) is 6.74. The molecule has 5 aromatic carbocycles. The molecule has 0 spiro atoms. The first-order chi connectivity index (χ1) is 30.9. The number of fused-ring (bicyclic) bond motifs is 4. The predicted octanol–water partition coefficient (Wildman–Crippen LogP) is 9.09. The SMILES string of the molecule is COc1ccc(C23C(=O)N(Nc4ccc(Cl)cc4Cl)C(=O)C2CC2C(=CCC4C(=O)N(c5ccc(C=Cc6cc(OC)ccc6OC)cc5)C(=O)C42)C3c2cccc(OC)c2O)cc1. The highest BCUT2D eigenvalue weighted by atomic mass is 35.5. The van der Waals surface area contributed by atoms with Gasteiger partial charge in [-0.3, -0.25) is 29.5 Å². The van der Waals surface area contributed by atoms with Crippen molar-refractivity contribution < 1.29 is 43.2 Å². The Morgan fingerprint density at radius 3 is 2.14 bits per heavy atom. The van der Waals surface area contributed by atoms with Crippen LogP contribution < -0.4 is 29.3 Å². The van der Waals surface area contributed by atoms with Crippen LogP contribution in [0.15, 0.2) is 115 Å². The summed E-state index contributed by atoms with van der Waals surface area (Å²) >= 11 is 12.8. The number of anilines is 2. The zero-order valence-corrected chi connectivity index (χ0v) is 36.7. The number of nitrogens with one attached hydrogen (secondary N) is 1. The summed E-state index contributed by atoms with van der Waals surface area (Å²) in [6.45, 7) is 0. The molecule has 12 nitrogen and oxygen atoms in total. The van der Waals surface area contributed by atoms with E-state index in [0.717, 1.165) is 16.1 Å². The van der Waals surface area contributed by atoms with E-state index in [1.165, 1.54) is 25.2 Å². The van der Waals surface area contributed by atoms with Gasteiger partial charge in [0, 0.05) is 22.1 Å². The predicted molar refractivity (Wildman–Crippen MR) is 243 cm³/mol. The number of methoxy groups -OCH3 is 4. The number of benzene rings is 5. The van der Waals surface area contributed by atoms with Crippen molar-refractivity contribution in [3.8, 4) is 28.7 Å². The Labute approximate surface area is 379 Å². The Morgan fingerprint density at radius 2 is 1.45 bits per heavy atom. The number of hydrazine groups is 1. The number of halogens is 2. The van der Waals surface area contributed by atoms with E-state index in [2.05, 4.69) is 5.43 Å². The molecule has 0 radical (unpaired) electrons. The lowest BCUT2D eigenvalue weighted by molar-refractivity contribution is -0.138. The second kappa shape index (κ2) is 16.7. The van der Waals surface area contributed by atoms with E-state index in [1.807, 2.05) is 48.6 Å². The van der Waals surface area contributed by atoms with Gasteiger partial charge in [0.1, 0.15) is 17.2 Å². The molecule has 0 aromatic heterocycles. The van der Waals surface area contributed by atoms with Crippen LogP contribution in [0.1, 0.15) is 41.0 Å². The van der Waals surface area contributed by atoms with Crippen molar-refractivity contribution >= 4 is 70.4 Å². The molecule has 2 saturated heterocycles. The minimum absolute atomic E-state index is 0.0433. The lowest BCUT2D eigenvalue weighted by atomic mass is 9.49.